The summed E-state index contributed by atoms with van der Waals surface area (Å²) in [6.45, 7) is 6.70. The monoisotopic (exact) mass is 1050 g/mol. The molecule has 442 valence electrons. The lowest BCUT2D eigenvalue weighted by atomic mass is 10.0. The van der Waals surface area contributed by atoms with Gasteiger partial charge in [-0.25, -0.2) is 0 Å². The second-order valence-corrected chi connectivity index (χ2v) is 23.1. The van der Waals surface area contributed by atoms with E-state index in [9.17, 15) is 14.4 Å². The first-order valence-electron chi connectivity index (χ1n) is 33.8. The first-order chi connectivity index (χ1) is 37.0. The van der Waals surface area contributed by atoms with Crippen LogP contribution in [0.25, 0.3) is 0 Å². The van der Waals surface area contributed by atoms with E-state index in [4.69, 9.17) is 14.2 Å². The number of esters is 3. The lowest BCUT2D eigenvalue weighted by Gasteiger charge is -2.18. The van der Waals surface area contributed by atoms with E-state index in [0.717, 1.165) is 64.2 Å². The number of carbonyl (C=O) groups is 3. The van der Waals surface area contributed by atoms with Gasteiger partial charge in [-0.05, 0) is 51.4 Å². The molecule has 0 spiro atoms. The number of ether oxygens (including phenoxy) is 3. The van der Waals surface area contributed by atoms with Crippen molar-refractivity contribution in [3.05, 3.63) is 24.3 Å². The average molecular weight is 1060 g/mol. The van der Waals surface area contributed by atoms with Gasteiger partial charge in [-0.15, -0.1) is 0 Å². The predicted octanol–water partition coefficient (Wildman–Crippen LogP) is 23.0. The van der Waals surface area contributed by atoms with Crippen molar-refractivity contribution < 1.29 is 28.6 Å². The van der Waals surface area contributed by atoms with Crippen LogP contribution in [-0.2, 0) is 28.6 Å². The van der Waals surface area contributed by atoms with E-state index in [1.807, 2.05) is 0 Å². The van der Waals surface area contributed by atoms with Crippen LogP contribution in [-0.4, -0.2) is 37.2 Å². The molecule has 0 N–H and O–H groups in total. The zero-order valence-corrected chi connectivity index (χ0v) is 50.8. The van der Waals surface area contributed by atoms with E-state index in [0.29, 0.717) is 19.3 Å². The molecule has 75 heavy (non-hydrogen) atoms. The Morgan fingerprint density at radius 1 is 0.267 bits per heavy atom. The summed E-state index contributed by atoms with van der Waals surface area (Å²) in [6.07, 6.45) is 77.7. The molecule has 6 heteroatoms. The molecule has 0 fully saturated rings. The third-order valence-electron chi connectivity index (χ3n) is 15.5. The maximum atomic E-state index is 12.9. The molecule has 1 atom stereocenters. The highest BCUT2D eigenvalue weighted by molar-refractivity contribution is 5.71. The molecule has 0 saturated carbocycles. The van der Waals surface area contributed by atoms with Gasteiger partial charge < -0.3 is 14.2 Å². The number of hydrogen-bond acceptors (Lipinski definition) is 6. The topological polar surface area (TPSA) is 78.9 Å². The van der Waals surface area contributed by atoms with Crippen molar-refractivity contribution in [2.75, 3.05) is 13.2 Å². The first kappa shape index (κ1) is 72.9. The second-order valence-electron chi connectivity index (χ2n) is 23.1. The minimum absolute atomic E-state index is 0.0635. The fourth-order valence-corrected chi connectivity index (χ4v) is 10.4. The Kier molecular flexibility index (Phi) is 62.6. The molecule has 0 aliphatic rings. The fourth-order valence-electron chi connectivity index (χ4n) is 10.4. The van der Waals surface area contributed by atoms with Crippen LogP contribution in [0.2, 0.25) is 0 Å². The predicted molar refractivity (Wildman–Crippen MR) is 326 cm³/mol. The third-order valence-corrected chi connectivity index (χ3v) is 15.5. The Morgan fingerprint density at radius 2 is 0.480 bits per heavy atom. The van der Waals surface area contributed by atoms with E-state index in [1.54, 1.807) is 0 Å². The van der Waals surface area contributed by atoms with Crippen molar-refractivity contribution >= 4 is 17.9 Å². The highest BCUT2D eigenvalue weighted by Gasteiger charge is 2.19. The van der Waals surface area contributed by atoms with Crippen molar-refractivity contribution in [3.8, 4) is 0 Å². The highest BCUT2D eigenvalue weighted by atomic mass is 16.6. The van der Waals surface area contributed by atoms with Crippen LogP contribution < -0.4 is 0 Å². The van der Waals surface area contributed by atoms with E-state index in [2.05, 4.69) is 45.1 Å². The van der Waals surface area contributed by atoms with Gasteiger partial charge in [0.2, 0.25) is 0 Å². The molecule has 0 aromatic rings. The van der Waals surface area contributed by atoms with Gasteiger partial charge in [0.05, 0.1) is 0 Å². The largest absolute Gasteiger partial charge is 0.462 e. The minimum Gasteiger partial charge on any atom is -0.462 e. The quantitative estimate of drug-likeness (QED) is 0.0261. The van der Waals surface area contributed by atoms with Crippen molar-refractivity contribution in [1.29, 1.82) is 0 Å². The van der Waals surface area contributed by atoms with Crippen LogP contribution in [0.1, 0.15) is 380 Å². The molecular weight excluding hydrogens is 925 g/mol. The van der Waals surface area contributed by atoms with E-state index in [1.165, 1.54) is 276 Å². The van der Waals surface area contributed by atoms with Crippen molar-refractivity contribution in [2.45, 2.75) is 386 Å². The van der Waals surface area contributed by atoms with Gasteiger partial charge in [0.15, 0.2) is 6.10 Å². The van der Waals surface area contributed by atoms with Gasteiger partial charge in [-0.3, -0.25) is 14.4 Å². The Morgan fingerprint density at radius 3 is 0.733 bits per heavy atom. The van der Waals surface area contributed by atoms with E-state index < -0.39 is 6.10 Å². The highest BCUT2D eigenvalue weighted by Crippen LogP contribution is 2.18. The van der Waals surface area contributed by atoms with E-state index >= 15 is 0 Å². The molecular formula is C69H130O6. The molecule has 0 aromatic carbocycles. The summed E-state index contributed by atoms with van der Waals surface area (Å²) in [7, 11) is 0. The van der Waals surface area contributed by atoms with Crippen LogP contribution in [0, 0.1) is 0 Å². The molecule has 0 saturated heterocycles. The maximum Gasteiger partial charge on any atom is 0.306 e. The molecule has 0 aliphatic heterocycles. The zero-order chi connectivity index (χ0) is 54.3. The number of allylic oxidation sites excluding steroid dienone is 4. The van der Waals surface area contributed by atoms with Gasteiger partial charge in [0.25, 0.3) is 0 Å². The standard InChI is InChI=1S/C69H130O6/c1-4-7-10-13-16-19-22-25-27-28-29-30-31-32-33-34-35-36-37-38-39-40-42-44-47-50-53-56-59-62-68(71)74-65-66(64-73-67(70)61-58-55-52-49-46-43-24-21-18-15-12-9-6-3)75-69(72)63-60-57-54-51-48-45-41-26-23-20-17-14-11-8-5-2/h22,25,28-29,66H,4-21,23-24,26-27,30-65H2,1-3H3/b25-22-,29-28-. The maximum absolute atomic E-state index is 12.9. The molecule has 0 aromatic heterocycles. The molecule has 6 nitrogen and oxygen atoms in total. The smallest absolute Gasteiger partial charge is 0.306 e. The summed E-state index contributed by atoms with van der Waals surface area (Å²) in [5.74, 6) is -0.833. The van der Waals surface area contributed by atoms with Gasteiger partial charge in [-0.2, -0.15) is 0 Å². The summed E-state index contributed by atoms with van der Waals surface area (Å²) >= 11 is 0. The molecule has 1 unspecified atom stereocenters. The van der Waals surface area contributed by atoms with Gasteiger partial charge in [-0.1, -0.05) is 334 Å². The lowest BCUT2D eigenvalue weighted by Crippen LogP contribution is -2.30. The normalized spacial score (nSPS) is 12.1. The summed E-state index contributed by atoms with van der Waals surface area (Å²) in [5, 5.41) is 0. The van der Waals surface area contributed by atoms with Crippen LogP contribution >= 0.6 is 0 Å². The Bertz CT molecular complexity index is 1210. The van der Waals surface area contributed by atoms with Crippen LogP contribution in [0.15, 0.2) is 24.3 Å². The third kappa shape index (κ3) is 62.6. The molecule has 0 rings (SSSR count). The van der Waals surface area contributed by atoms with Crippen molar-refractivity contribution in [1.82, 2.24) is 0 Å². The minimum atomic E-state index is -0.765. The number of rotatable bonds is 63. The number of unbranched alkanes of at least 4 members (excludes halogenated alkanes) is 48. The lowest BCUT2D eigenvalue weighted by molar-refractivity contribution is -0.167. The molecule has 0 aliphatic carbocycles. The van der Waals surface area contributed by atoms with Gasteiger partial charge in [0.1, 0.15) is 13.2 Å². The van der Waals surface area contributed by atoms with Crippen molar-refractivity contribution in [3.63, 3.8) is 0 Å². The van der Waals surface area contributed by atoms with Crippen LogP contribution in [0.5, 0.6) is 0 Å². The van der Waals surface area contributed by atoms with Crippen LogP contribution in [0.4, 0.5) is 0 Å². The number of carbonyl (C=O) groups excluding carboxylic acids is 3. The molecule has 0 heterocycles. The molecule has 0 bridgehead atoms. The zero-order valence-electron chi connectivity index (χ0n) is 50.8. The molecule has 0 radical (unpaired) electrons. The Labute approximate surface area is 468 Å². The summed E-state index contributed by atoms with van der Waals surface area (Å²) in [5.41, 5.74) is 0. The van der Waals surface area contributed by atoms with E-state index in [-0.39, 0.29) is 31.1 Å². The summed E-state index contributed by atoms with van der Waals surface area (Å²) in [6, 6.07) is 0. The van der Waals surface area contributed by atoms with Gasteiger partial charge >= 0.3 is 17.9 Å². The average Bonchev–Trinajstić information content (AvgIpc) is 3.41. The Hall–Kier alpha value is -2.11. The summed E-state index contributed by atoms with van der Waals surface area (Å²) < 4.78 is 17.0. The van der Waals surface area contributed by atoms with Crippen LogP contribution in [0.3, 0.4) is 0 Å². The number of hydrogen-bond donors (Lipinski definition) is 0. The fraction of sp³-hybridized carbons (Fsp3) is 0.899. The Balaban J connectivity index is 4.14. The summed E-state index contributed by atoms with van der Waals surface area (Å²) in [4.78, 5) is 38.3. The molecule has 0 amide bonds. The van der Waals surface area contributed by atoms with Gasteiger partial charge in [0, 0.05) is 19.3 Å². The SMILES string of the molecule is CCCCCCC/C=C\C/C=C\CCCCCCCCCCCCCCCCCCCC(=O)OCC(COC(=O)CCCCCCCCCCCCCCC)OC(=O)CCCCCCCCCCCCCCCCC. The first-order valence-corrected chi connectivity index (χ1v) is 33.8. The second kappa shape index (κ2) is 64.4. The van der Waals surface area contributed by atoms with Crippen molar-refractivity contribution in [2.24, 2.45) is 0 Å².